The van der Waals surface area contributed by atoms with Crippen LogP contribution in [-0.2, 0) is 0 Å². The van der Waals surface area contributed by atoms with E-state index in [1.54, 1.807) is 0 Å². The van der Waals surface area contributed by atoms with Crippen molar-refractivity contribution in [3.8, 4) is 0 Å². The zero-order chi connectivity index (χ0) is 8.55. The molecule has 68 valence electrons. The number of anilines is 1. The number of nitrogens with zero attached hydrogens (tertiary/aromatic N) is 1. The molecule has 13 heavy (non-hydrogen) atoms. The summed E-state index contributed by atoms with van der Waals surface area (Å²) in [5, 5.41) is 1.38. The third-order valence-electron chi connectivity index (χ3n) is 1.70. The van der Waals surface area contributed by atoms with Gasteiger partial charge in [-0.3, -0.25) is 0 Å². The fourth-order valence-electron chi connectivity index (χ4n) is 1.11. The second kappa shape index (κ2) is 3.81. The van der Waals surface area contributed by atoms with Gasteiger partial charge in [-0.15, -0.1) is 12.4 Å². The quantitative estimate of drug-likeness (QED) is 0.686. The van der Waals surface area contributed by atoms with Gasteiger partial charge in [0.25, 0.3) is 0 Å². The molecule has 0 aliphatic carbocycles. The first-order valence-electron chi connectivity index (χ1n) is 3.58. The van der Waals surface area contributed by atoms with Crippen molar-refractivity contribution in [2.24, 2.45) is 0 Å². The van der Waals surface area contributed by atoms with Gasteiger partial charge in [0.05, 0.1) is 11.2 Å². The lowest BCUT2D eigenvalue weighted by molar-refractivity contribution is 1.41. The van der Waals surface area contributed by atoms with Crippen molar-refractivity contribution in [3.05, 3.63) is 35.5 Å². The Morgan fingerprint density at radius 2 is 1.92 bits per heavy atom. The van der Waals surface area contributed by atoms with Crippen molar-refractivity contribution < 1.29 is 0 Å². The van der Waals surface area contributed by atoms with Gasteiger partial charge in [-0.05, 0) is 12.1 Å². The van der Waals surface area contributed by atoms with E-state index in [0.29, 0.717) is 10.8 Å². The number of hydrogen-bond donors (Lipinski definition) is 1. The number of para-hydroxylation sites is 1. The molecular formula is C9H8Cl2N2. The minimum Gasteiger partial charge on any atom is -0.396 e. The van der Waals surface area contributed by atoms with Crippen LogP contribution in [0.25, 0.3) is 10.9 Å². The first-order chi connectivity index (χ1) is 5.77. The zero-order valence-corrected chi connectivity index (χ0v) is 8.27. The van der Waals surface area contributed by atoms with E-state index < -0.39 is 0 Å². The first kappa shape index (κ1) is 10.1. The second-order valence-electron chi connectivity index (χ2n) is 2.56. The van der Waals surface area contributed by atoms with Crippen molar-refractivity contribution in [2.45, 2.75) is 0 Å². The van der Waals surface area contributed by atoms with Gasteiger partial charge < -0.3 is 5.73 Å². The van der Waals surface area contributed by atoms with Gasteiger partial charge in [0.2, 0.25) is 0 Å². The Labute approximate surface area is 87.1 Å². The maximum absolute atomic E-state index is 5.75. The number of aromatic nitrogens is 1. The minimum absolute atomic E-state index is 0. The monoisotopic (exact) mass is 214 g/mol. The van der Waals surface area contributed by atoms with E-state index in [1.807, 2.05) is 30.3 Å². The number of rotatable bonds is 0. The molecule has 0 atom stereocenters. The lowest BCUT2D eigenvalue weighted by atomic mass is 10.2. The molecule has 1 aromatic heterocycles. The highest BCUT2D eigenvalue weighted by Crippen LogP contribution is 2.21. The summed E-state index contributed by atoms with van der Waals surface area (Å²) < 4.78 is 0. The van der Waals surface area contributed by atoms with Crippen molar-refractivity contribution in [1.29, 1.82) is 0 Å². The van der Waals surface area contributed by atoms with Crippen molar-refractivity contribution >= 4 is 40.6 Å². The molecular weight excluding hydrogens is 207 g/mol. The molecule has 0 aliphatic rings. The number of pyridine rings is 1. The smallest absolute Gasteiger partial charge is 0.152 e. The number of nitrogen functional groups attached to an aromatic ring is 1. The Bertz CT molecular complexity index is 388. The van der Waals surface area contributed by atoms with E-state index in [9.17, 15) is 0 Å². The molecule has 0 aliphatic heterocycles. The van der Waals surface area contributed by atoms with Gasteiger partial charge in [0, 0.05) is 5.39 Å². The molecule has 2 rings (SSSR count). The standard InChI is InChI=1S/C9H7ClN2.ClH/c10-9-7(11)5-6-3-1-2-4-8(6)12-9;/h1-5H,11H2;1H. The molecule has 2 nitrogen and oxygen atoms in total. The highest BCUT2D eigenvalue weighted by molar-refractivity contribution is 6.32. The van der Waals surface area contributed by atoms with Crippen LogP contribution >= 0.6 is 24.0 Å². The van der Waals surface area contributed by atoms with Crippen LogP contribution in [-0.4, -0.2) is 4.98 Å². The number of nitrogens with two attached hydrogens (primary N) is 1. The minimum atomic E-state index is 0. The predicted molar refractivity (Wildman–Crippen MR) is 58.4 cm³/mol. The van der Waals surface area contributed by atoms with Crippen LogP contribution in [0.3, 0.4) is 0 Å². The summed E-state index contributed by atoms with van der Waals surface area (Å²) in [6.45, 7) is 0. The fraction of sp³-hybridized carbons (Fsp3) is 0. The lowest BCUT2D eigenvalue weighted by Crippen LogP contribution is -1.89. The van der Waals surface area contributed by atoms with Crippen LogP contribution in [0.5, 0.6) is 0 Å². The highest BCUT2D eigenvalue weighted by Gasteiger charge is 1.99. The molecule has 4 heteroatoms. The van der Waals surface area contributed by atoms with Gasteiger partial charge in [-0.1, -0.05) is 29.8 Å². The van der Waals surface area contributed by atoms with Crippen molar-refractivity contribution in [1.82, 2.24) is 4.98 Å². The van der Waals surface area contributed by atoms with Crippen LogP contribution in [0.4, 0.5) is 5.69 Å². The van der Waals surface area contributed by atoms with Gasteiger partial charge in [-0.2, -0.15) is 0 Å². The summed E-state index contributed by atoms with van der Waals surface area (Å²) in [5.74, 6) is 0. The predicted octanol–water partition coefficient (Wildman–Crippen LogP) is 2.89. The average molecular weight is 215 g/mol. The number of benzene rings is 1. The Hall–Kier alpha value is -0.990. The van der Waals surface area contributed by atoms with Crippen LogP contribution < -0.4 is 5.73 Å². The molecule has 2 N–H and O–H groups in total. The van der Waals surface area contributed by atoms with E-state index in [2.05, 4.69) is 4.98 Å². The summed E-state index contributed by atoms with van der Waals surface area (Å²) in [5.41, 5.74) is 6.99. The summed E-state index contributed by atoms with van der Waals surface area (Å²) in [7, 11) is 0. The van der Waals surface area contributed by atoms with E-state index in [1.165, 1.54) is 0 Å². The molecule has 1 heterocycles. The Morgan fingerprint density at radius 1 is 1.23 bits per heavy atom. The summed E-state index contributed by atoms with van der Waals surface area (Å²) in [4.78, 5) is 4.12. The average Bonchev–Trinajstić information content (AvgIpc) is 2.07. The van der Waals surface area contributed by atoms with Gasteiger partial charge in [-0.25, -0.2) is 4.98 Å². The zero-order valence-electron chi connectivity index (χ0n) is 6.70. The topological polar surface area (TPSA) is 38.9 Å². The summed E-state index contributed by atoms with van der Waals surface area (Å²) in [6.07, 6.45) is 0. The second-order valence-corrected chi connectivity index (χ2v) is 2.92. The van der Waals surface area contributed by atoms with Crippen LogP contribution in [0.2, 0.25) is 5.15 Å². The summed E-state index contributed by atoms with van der Waals surface area (Å²) >= 11 is 5.75. The number of fused-ring (bicyclic) bond motifs is 1. The SMILES string of the molecule is Cl.Nc1cc2ccccc2nc1Cl. The van der Waals surface area contributed by atoms with Crippen LogP contribution in [0.15, 0.2) is 30.3 Å². The van der Waals surface area contributed by atoms with Crippen LogP contribution in [0.1, 0.15) is 0 Å². The van der Waals surface area contributed by atoms with Crippen molar-refractivity contribution in [2.75, 3.05) is 5.73 Å². The van der Waals surface area contributed by atoms with E-state index in [-0.39, 0.29) is 12.4 Å². The number of halogens is 2. The molecule has 0 spiro atoms. The molecule has 0 radical (unpaired) electrons. The first-order valence-corrected chi connectivity index (χ1v) is 3.96. The summed E-state index contributed by atoms with van der Waals surface area (Å²) in [6, 6.07) is 9.54. The largest absolute Gasteiger partial charge is 0.396 e. The third-order valence-corrected chi connectivity index (χ3v) is 2.01. The maximum atomic E-state index is 5.75. The Morgan fingerprint density at radius 3 is 2.69 bits per heavy atom. The van der Waals surface area contributed by atoms with Crippen LogP contribution in [0, 0.1) is 0 Å². The molecule has 2 aromatic rings. The van der Waals surface area contributed by atoms with E-state index in [4.69, 9.17) is 17.3 Å². The molecule has 0 saturated heterocycles. The van der Waals surface area contributed by atoms with Gasteiger partial charge in [0.15, 0.2) is 5.15 Å². The molecule has 0 unspecified atom stereocenters. The Kier molecular flexibility index (Phi) is 2.96. The van der Waals surface area contributed by atoms with Crippen molar-refractivity contribution in [3.63, 3.8) is 0 Å². The molecule has 1 aromatic carbocycles. The van der Waals surface area contributed by atoms with E-state index in [0.717, 1.165) is 10.9 Å². The van der Waals surface area contributed by atoms with Gasteiger partial charge >= 0.3 is 0 Å². The Balaban J connectivity index is 0.000000845. The lowest BCUT2D eigenvalue weighted by Gasteiger charge is -1.99. The fourth-order valence-corrected chi connectivity index (χ4v) is 1.25. The molecule has 0 bridgehead atoms. The normalized spacial score (nSPS) is 9.62. The third kappa shape index (κ3) is 1.85. The van der Waals surface area contributed by atoms with E-state index >= 15 is 0 Å². The molecule has 0 amide bonds. The molecule has 0 fully saturated rings. The highest BCUT2D eigenvalue weighted by atomic mass is 35.5. The molecule has 0 saturated carbocycles. The number of hydrogen-bond acceptors (Lipinski definition) is 2. The maximum Gasteiger partial charge on any atom is 0.152 e. The van der Waals surface area contributed by atoms with Gasteiger partial charge in [0.1, 0.15) is 0 Å².